The van der Waals surface area contributed by atoms with E-state index in [9.17, 15) is 9.90 Å². The van der Waals surface area contributed by atoms with Crippen molar-refractivity contribution in [2.24, 2.45) is 0 Å². The lowest BCUT2D eigenvalue weighted by Crippen LogP contribution is -2.48. The smallest absolute Gasteiger partial charge is 0.319 e. The number of hydrogen-bond donors (Lipinski definition) is 3. The fourth-order valence-electron chi connectivity index (χ4n) is 2.14. The number of ether oxygens (including phenoxy) is 1. The first-order valence-electron chi connectivity index (χ1n) is 6.58. The van der Waals surface area contributed by atoms with Gasteiger partial charge in [0.05, 0.1) is 12.2 Å². The Hall–Kier alpha value is -1.30. The van der Waals surface area contributed by atoms with Gasteiger partial charge in [-0.2, -0.15) is 0 Å². The SMILES string of the molecule is COCc1c(Cl)cccc1NC(=O)NCC1(O)CCC1. The molecule has 0 unspecified atom stereocenters. The second kappa shape index (κ2) is 6.43. The number of anilines is 1. The summed E-state index contributed by atoms with van der Waals surface area (Å²) in [7, 11) is 1.57. The molecule has 0 radical (unpaired) electrons. The van der Waals surface area contributed by atoms with Crippen LogP contribution in [0.25, 0.3) is 0 Å². The number of urea groups is 1. The van der Waals surface area contributed by atoms with Gasteiger partial charge >= 0.3 is 6.03 Å². The summed E-state index contributed by atoms with van der Waals surface area (Å²) in [4.78, 5) is 11.8. The molecule has 6 heteroatoms. The van der Waals surface area contributed by atoms with Crippen molar-refractivity contribution in [1.82, 2.24) is 5.32 Å². The van der Waals surface area contributed by atoms with Crippen molar-refractivity contribution in [1.29, 1.82) is 0 Å². The van der Waals surface area contributed by atoms with E-state index in [-0.39, 0.29) is 12.6 Å². The van der Waals surface area contributed by atoms with Crippen LogP contribution in [0.15, 0.2) is 18.2 Å². The van der Waals surface area contributed by atoms with E-state index in [1.165, 1.54) is 0 Å². The number of halogens is 1. The van der Waals surface area contributed by atoms with E-state index < -0.39 is 5.60 Å². The summed E-state index contributed by atoms with van der Waals surface area (Å²) in [6, 6.07) is 4.91. The number of benzene rings is 1. The zero-order chi connectivity index (χ0) is 14.6. The van der Waals surface area contributed by atoms with Gasteiger partial charge in [-0.15, -0.1) is 0 Å². The molecule has 0 atom stereocenters. The summed E-state index contributed by atoms with van der Waals surface area (Å²) in [6.07, 6.45) is 2.48. The first kappa shape index (κ1) is 15.1. The molecular formula is C14H19ClN2O3. The first-order chi connectivity index (χ1) is 9.54. The number of nitrogens with one attached hydrogen (secondary N) is 2. The standard InChI is InChI=1S/C14H19ClN2O3/c1-20-8-10-11(15)4-2-5-12(10)17-13(18)16-9-14(19)6-3-7-14/h2,4-5,19H,3,6-9H2,1H3,(H2,16,17,18). The predicted octanol–water partition coefficient (Wildman–Crippen LogP) is 2.52. The fourth-order valence-corrected chi connectivity index (χ4v) is 2.37. The Morgan fingerprint density at radius 1 is 1.50 bits per heavy atom. The fraction of sp³-hybridized carbons (Fsp3) is 0.500. The highest BCUT2D eigenvalue weighted by atomic mass is 35.5. The molecule has 1 aliphatic rings. The molecule has 0 heterocycles. The zero-order valence-electron chi connectivity index (χ0n) is 11.4. The van der Waals surface area contributed by atoms with Crippen LogP contribution in [0.3, 0.4) is 0 Å². The topological polar surface area (TPSA) is 70.6 Å². The lowest BCUT2D eigenvalue weighted by Gasteiger charge is -2.36. The summed E-state index contributed by atoms with van der Waals surface area (Å²) < 4.78 is 5.08. The van der Waals surface area contributed by atoms with Crippen molar-refractivity contribution in [3.8, 4) is 0 Å². The van der Waals surface area contributed by atoms with Crippen molar-refractivity contribution in [2.45, 2.75) is 31.5 Å². The van der Waals surface area contributed by atoms with Crippen LogP contribution in [0.1, 0.15) is 24.8 Å². The van der Waals surface area contributed by atoms with E-state index in [2.05, 4.69) is 10.6 Å². The molecule has 5 nitrogen and oxygen atoms in total. The summed E-state index contributed by atoms with van der Waals surface area (Å²) in [5.74, 6) is 0. The van der Waals surface area contributed by atoms with Gasteiger partial charge in [0.2, 0.25) is 0 Å². The lowest BCUT2D eigenvalue weighted by molar-refractivity contribution is -0.0287. The third-order valence-electron chi connectivity index (χ3n) is 3.52. The minimum absolute atomic E-state index is 0.263. The molecule has 3 N–H and O–H groups in total. The number of rotatable bonds is 5. The van der Waals surface area contributed by atoms with Crippen molar-refractivity contribution < 1.29 is 14.6 Å². The maximum atomic E-state index is 11.8. The highest BCUT2D eigenvalue weighted by Crippen LogP contribution is 2.30. The van der Waals surface area contributed by atoms with E-state index in [4.69, 9.17) is 16.3 Å². The number of methoxy groups -OCH3 is 1. The van der Waals surface area contributed by atoms with Gasteiger partial charge in [0.15, 0.2) is 0 Å². The number of hydrogen-bond acceptors (Lipinski definition) is 3. The Bertz CT molecular complexity index is 489. The minimum Gasteiger partial charge on any atom is -0.388 e. The number of carbonyl (C=O) groups is 1. The van der Waals surface area contributed by atoms with Crippen LogP contribution in [0.4, 0.5) is 10.5 Å². The van der Waals surface area contributed by atoms with Crippen LogP contribution in [0.2, 0.25) is 5.02 Å². The monoisotopic (exact) mass is 298 g/mol. The van der Waals surface area contributed by atoms with Crippen LogP contribution in [0.5, 0.6) is 0 Å². The molecule has 2 rings (SSSR count). The summed E-state index contributed by atoms with van der Waals surface area (Å²) in [6.45, 7) is 0.582. The van der Waals surface area contributed by atoms with Gasteiger partial charge in [0, 0.05) is 29.9 Å². The van der Waals surface area contributed by atoms with Gasteiger partial charge in [0.1, 0.15) is 0 Å². The van der Waals surface area contributed by atoms with Crippen LogP contribution in [-0.4, -0.2) is 30.4 Å². The molecule has 110 valence electrons. The highest BCUT2D eigenvalue weighted by molar-refractivity contribution is 6.31. The Morgan fingerprint density at radius 3 is 2.85 bits per heavy atom. The largest absolute Gasteiger partial charge is 0.388 e. The molecule has 1 aliphatic carbocycles. The summed E-state index contributed by atoms with van der Waals surface area (Å²) in [5, 5.41) is 15.9. The van der Waals surface area contributed by atoms with Gasteiger partial charge in [-0.3, -0.25) is 0 Å². The van der Waals surface area contributed by atoms with E-state index in [0.29, 0.717) is 17.3 Å². The maximum Gasteiger partial charge on any atom is 0.319 e. The van der Waals surface area contributed by atoms with Crippen LogP contribution < -0.4 is 10.6 Å². The third-order valence-corrected chi connectivity index (χ3v) is 3.87. The molecule has 20 heavy (non-hydrogen) atoms. The average Bonchev–Trinajstić information content (AvgIpc) is 2.38. The van der Waals surface area contributed by atoms with Crippen LogP contribution in [-0.2, 0) is 11.3 Å². The molecule has 1 saturated carbocycles. The maximum absolute atomic E-state index is 11.8. The molecule has 0 bridgehead atoms. The Morgan fingerprint density at radius 2 is 2.25 bits per heavy atom. The van der Waals surface area contributed by atoms with E-state index in [1.54, 1.807) is 25.3 Å². The number of aliphatic hydroxyl groups is 1. The van der Waals surface area contributed by atoms with Crippen molar-refractivity contribution in [3.05, 3.63) is 28.8 Å². The predicted molar refractivity (Wildman–Crippen MR) is 78.0 cm³/mol. The van der Waals surface area contributed by atoms with Gasteiger partial charge in [0.25, 0.3) is 0 Å². The first-order valence-corrected chi connectivity index (χ1v) is 6.95. The van der Waals surface area contributed by atoms with Gasteiger partial charge in [-0.1, -0.05) is 17.7 Å². The normalized spacial score (nSPS) is 16.4. The molecule has 0 aliphatic heterocycles. The quantitative estimate of drug-likeness (QED) is 0.782. The molecule has 0 aromatic heterocycles. The molecule has 1 aromatic rings. The second-order valence-corrected chi connectivity index (χ2v) is 5.49. The van der Waals surface area contributed by atoms with Gasteiger partial charge < -0.3 is 20.5 Å². The lowest BCUT2D eigenvalue weighted by atomic mass is 9.80. The van der Waals surface area contributed by atoms with Crippen molar-refractivity contribution in [2.75, 3.05) is 19.0 Å². The molecule has 2 amide bonds. The molecule has 1 fully saturated rings. The molecule has 0 saturated heterocycles. The molecule has 1 aromatic carbocycles. The average molecular weight is 299 g/mol. The van der Waals surface area contributed by atoms with Crippen molar-refractivity contribution >= 4 is 23.3 Å². The van der Waals surface area contributed by atoms with E-state index >= 15 is 0 Å². The Labute approximate surface area is 123 Å². The number of carbonyl (C=O) groups excluding carboxylic acids is 1. The molecule has 0 spiro atoms. The van der Waals surface area contributed by atoms with Crippen LogP contribution in [0, 0.1) is 0 Å². The Kier molecular flexibility index (Phi) is 4.86. The zero-order valence-corrected chi connectivity index (χ0v) is 12.2. The summed E-state index contributed by atoms with van der Waals surface area (Å²) in [5.41, 5.74) is 0.604. The summed E-state index contributed by atoms with van der Waals surface area (Å²) >= 11 is 6.08. The third kappa shape index (κ3) is 3.62. The van der Waals surface area contributed by atoms with Gasteiger partial charge in [-0.25, -0.2) is 4.79 Å². The van der Waals surface area contributed by atoms with Crippen LogP contribution >= 0.6 is 11.6 Å². The highest BCUT2D eigenvalue weighted by Gasteiger charge is 2.34. The van der Waals surface area contributed by atoms with Crippen molar-refractivity contribution in [3.63, 3.8) is 0 Å². The van der Waals surface area contributed by atoms with E-state index in [1.807, 2.05) is 0 Å². The Balaban J connectivity index is 1.95. The van der Waals surface area contributed by atoms with E-state index in [0.717, 1.165) is 24.8 Å². The molecular weight excluding hydrogens is 280 g/mol. The minimum atomic E-state index is -0.735. The number of amides is 2. The van der Waals surface area contributed by atoms with Gasteiger partial charge in [-0.05, 0) is 31.4 Å². The second-order valence-electron chi connectivity index (χ2n) is 5.08.